The Morgan fingerprint density at radius 3 is 0.976 bits per heavy atom. The molecule has 252 valence electrons. The van der Waals surface area contributed by atoms with E-state index in [1.165, 1.54) is 0 Å². The number of esters is 1. The van der Waals surface area contributed by atoms with E-state index in [0.29, 0.717) is 132 Å². The van der Waals surface area contributed by atoms with Crippen molar-refractivity contribution in [1.29, 1.82) is 0 Å². The minimum Gasteiger partial charge on any atom is -0.463 e. The highest BCUT2D eigenvalue weighted by Crippen LogP contribution is 2.03. The van der Waals surface area contributed by atoms with E-state index in [4.69, 9.17) is 52.1 Å². The van der Waals surface area contributed by atoms with E-state index in [1.807, 2.05) is 0 Å². The summed E-state index contributed by atoms with van der Waals surface area (Å²) in [5.41, 5.74) is 0. The van der Waals surface area contributed by atoms with Gasteiger partial charge in [0.15, 0.2) is 0 Å². The van der Waals surface area contributed by atoms with Gasteiger partial charge in [-0.05, 0) is 6.42 Å². The number of hydrogen-bond acceptors (Lipinski definition) is 12. The third kappa shape index (κ3) is 37.0. The summed E-state index contributed by atoms with van der Waals surface area (Å²) in [5, 5.41) is 0. The summed E-state index contributed by atoms with van der Waals surface area (Å²) >= 11 is 0. The summed E-state index contributed by atoms with van der Waals surface area (Å²) in [5.74, 6) is -0.155. The van der Waals surface area contributed by atoms with Crippen molar-refractivity contribution in [2.75, 3.05) is 145 Å². The van der Waals surface area contributed by atoms with E-state index in [-0.39, 0.29) is 19.2 Å². The van der Waals surface area contributed by atoms with Gasteiger partial charge in [-0.2, -0.15) is 0 Å². The molecule has 0 saturated carbocycles. The Morgan fingerprint density at radius 2 is 0.690 bits per heavy atom. The van der Waals surface area contributed by atoms with Crippen molar-refractivity contribution in [2.24, 2.45) is 0 Å². The van der Waals surface area contributed by atoms with Gasteiger partial charge < -0.3 is 52.1 Å². The first-order valence-electron chi connectivity index (χ1n) is 15.3. The second-order valence-corrected chi connectivity index (χ2v) is 8.84. The predicted octanol–water partition coefficient (Wildman–Crippen LogP) is 2.64. The molecule has 12 nitrogen and oxygen atoms in total. The van der Waals surface area contributed by atoms with Gasteiger partial charge in [-0.3, -0.25) is 4.79 Å². The molecule has 42 heavy (non-hydrogen) atoms. The lowest BCUT2D eigenvalue weighted by atomic mass is 10.2. The average Bonchev–Trinajstić information content (AvgIpc) is 3.00. The topological polar surface area (TPSA) is 119 Å². The summed E-state index contributed by atoms with van der Waals surface area (Å²) in [7, 11) is 0. The van der Waals surface area contributed by atoms with Crippen LogP contribution in [0.1, 0.15) is 39.0 Å². The minimum atomic E-state index is -0.476. The molecule has 0 amide bonds. The molecule has 0 saturated heterocycles. The second-order valence-electron chi connectivity index (χ2n) is 8.84. The van der Waals surface area contributed by atoms with Gasteiger partial charge in [0.25, 0.3) is 0 Å². The molecule has 0 aromatic rings. The van der Waals surface area contributed by atoms with Crippen LogP contribution in [0.4, 0.5) is 4.39 Å². The number of hydrogen-bond donors (Lipinski definition) is 0. The van der Waals surface area contributed by atoms with E-state index < -0.39 is 6.67 Å². The summed E-state index contributed by atoms with van der Waals surface area (Å²) in [4.78, 5) is 11.5. The first-order chi connectivity index (χ1) is 20.8. The molecule has 0 atom stereocenters. The lowest BCUT2D eigenvalue weighted by molar-refractivity contribution is -0.145. The average molecular weight is 617 g/mol. The standard InChI is InChI=1S/C29H57FO12/c1-2-3-4-5-6-29(31)42-28-27-41-26-25-40-24-23-39-22-21-38-20-19-37-18-17-36-16-15-35-14-13-34-12-11-33-10-9-32-8-7-30/h2-28H2,1H3. The monoisotopic (exact) mass is 616 g/mol. The van der Waals surface area contributed by atoms with Crippen LogP contribution in [0.2, 0.25) is 0 Å². The van der Waals surface area contributed by atoms with E-state index in [9.17, 15) is 9.18 Å². The van der Waals surface area contributed by atoms with Crippen molar-refractivity contribution in [3.8, 4) is 0 Å². The Bertz CT molecular complexity index is 519. The number of carbonyl (C=O) groups excluding carboxylic acids is 1. The zero-order valence-electron chi connectivity index (χ0n) is 25.9. The van der Waals surface area contributed by atoms with Gasteiger partial charge in [0.1, 0.15) is 13.3 Å². The fourth-order valence-corrected chi connectivity index (χ4v) is 3.12. The number of halogens is 1. The SMILES string of the molecule is CCCCCCC(=O)OCCOCCOCCOCCOCCOCCOCCOCCOCCOCCOCCF. The van der Waals surface area contributed by atoms with Crippen molar-refractivity contribution in [1.82, 2.24) is 0 Å². The maximum atomic E-state index is 11.8. The molecule has 0 radical (unpaired) electrons. The molecule has 0 spiro atoms. The quantitative estimate of drug-likeness (QED) is 0.0754. The Labute approximate surface area is 252 Å². The van der Waals surface area contributed by atoms with Gasteiger partial charge in [-0.1, -0.05) is 26.2 Å². The first kappa shape index (κ1) is 41.0. The zero-order chi connectivity index (χ0) is 30.4. The summed E-state index contributed by atoms with van der Waals surface area (Å²) in [6.45, 7) is 11.0. The number of ether oxygens (including phenoxy) is 11. The fraction of sp³-hybridized carbons (Fsp3) is 0.966. The van der Waals surface area contributed by atoms with Crippen LogP contribution in [0.5, 0.6) is 0 Å². The molecule has 0 aliphatic rings. The zero-order valence-corrected chi connectivity index (χ0v) is 25.9. The smallest absolute Gasteiger partial charge is 0.305 e. The number of rotatable bonds is 37. The summed E-state index contributed by atoms with van der Waals surface area (Å²) in [6.07, 6.45) is 4.75. The molecule has 0 aliphatic carbocycles. The van der Waals surface area contributed by atoms with Crippen LogP contribution in [0.25, 0.3) is 0 Å². The van der Waals surface area contributed by atoms with Crippen LogP contribution in [0.3, 0.4) is 0 Å². The lowest BCUT2D eigenvalue weighted by Crippen LogP contribution is -2.15. The maximum Gasteiger partial charge on any atom is 0.305 e. The highest BCUT2D eigenvalue weighted by Gasteiger charge is 2.02. The van der Waals surface area contributed by atoms with Gasteiger partial charge in [0, 0.05) is 6.42 Å². The predicted molar refractivity (Wildman–Crippen MR) is 154 cm³/mol. The first-order valence-corrected chi connectivity index (χ1v) is 15.3. The van der Waals surface area contributed by atoms with Crippen molar-refractivity contribution in [3.05, 3.63) is 0 Å². The van der Waals surface area contributed by atoms with E-state index in [2.05, 4.69) is 6.92 Å². The minimum absolute atomic E-state index is 0.112. The van der Waals surface area contributed by atoms with Crippen LogP contribution in [0.15, 0.2) is 0 Å². The highest BCUT2D eigenvalue weighted by atomic mass is 19.1. The lowest BCUT2D eigenvalue weighted by Gasteiger charge is -2.09. The van der Waals surface area contributed by atoms with Crippen LogP contribution in [-0.4, -0.2) is 151 Å². The third-order valence-corrected chi connectivity index (χ3v) is 5.29. The molecule has 0 rings (SSSR count). The fourth-order valence-electron chi connectivity index (χ4n) is 3.12. The number of alkyl halides is 1. The number of carbonyl (C=O) groups is 1. The van der Waals surface area contributed by atoms with Gasteiger partial charge in [0.05, 0.1) is 132 Å². The van der Waals surface area contributed by atoms with Crippen molar-refractivity contribution in [2.45, 2.75) is 39.0 Å². The molecule has 0 aromatic carbocycles. The Hall–Kier alpha value is -1.00. The highest BCUT2D eigenvalue weighted by molar-refractivity contribution is 5.69. The van der Waals surface area contributed by atoms with Crippen LogP contribution in [-0.2, 0) is 56.9 Å². The van der Waals surface area contributed by atoms with E-state index in [0.717, 1.165) is 25.7 Å². The molecule has 0 heterocycles. The molecule has 0 bridgehead atoms. The van der Waals surface area contributed by atoms with Crippen LogP contribution < -0.4 is 0 Å². The maximum absolute atomic E-state index is 11.8. The van der Waals surface area contributed by atoms with E-state index >= 15 is 0 Å². The Balaban J connectivity index is 3.07. The molecule has 0 fully saturated rings. The molecular formula is C29H57FO12. The summed E-state index contributed by atoms with van der Waals surface area (Å²) in [6, 6.07) is 0. The molecular weight excluding hydrogens is 559 g/mol. The normalized spacial score (nSPS) is 11.4. The summed E-state index contributed by atoms with van der Waals surface area (Å²) < 4.78 is 70.6. The number of unbranched alkanes of at least 4 members (excludes halogenated alkanes) is 3. The van der Waals surface area contributed by atoms with Gasteiger partial charge in [-0.25, -0.2) is 4.39 Å². The van der Waals surface area contributed by atoms with Gasteiger partial charge in [-0.15, -0.1) is 0 Å². The van der Waals surface area contributed by atoms with Gasteiger partial charge in [0.2, 0.25) is 0 Å². The van der Waals surface area contributed by atoms with E-state index in [1.54, 1.807) is 0 Å². The van der Waals surface area contributed by atoms with Crippen molar-refractivity contribution < 1.29 is 61.3 Å². The molecule has 0 unspecified atom stereocenters. The van der Waals surface area contributed by atoms with Crippen LogP contribution >= 0.6 is 0 Å². The molecule has 13 heteroatoms. The third-order valence-electron chi connectivity index (χ3n) is 5.29. The Kier molecular flexibility index (Phi) is 37.1. The molecule has 0 aromatic heterocycles. The van der Waals surface area contributed by atoms with Crippen molar-refractivity contribution in [3.63, 3.8) is 0 Å². The van der Waals surface area contributed by atoms with Crippen LogP contribution in [0, 0.1) is 0 Å². The molecule has 0 aliphatic heterocycles. The van der Waals surface area contributed by atoms with Crippen molar-refractivity contribution >= 4 is 5.97 Å². The largest absolute Gasteiger partial charge is 0.463 e. The second kappa shape index (κ2) is 38.0. The van der Waals surface area contributed by atoms with Gasteiger partial charge >= 0.3 is 5.97 Å². The Morgan fingerprint density at radius 1 is 0.405 bits per heavy atom. The molecule has 0 N–H and O–H groups in total.